The molecule has 0 bridgehead atoms. The van der Waals surface area contributed by atoms with Crippen molar-refractivity contribution >= 4 is 11.8 Å². The number of benzene rings is 1. The Balaban J connectivity index is 2.20. The zero-order valence-electron chi connectivity index (χ0n) is 11.5. The number of rotatable bonds is 5. The third-order valence-corrected chi connectivity index (χ3v) is 4.08. The van der Waals surface area contributed by atoms with Gasteiger partial charge in [-0.2, -0.15) is 4.98 Å². The molecule has 0 unspecified atom stereocenters. The first-order chi connectivity index (χ1) is 9.15. The first-order valence-electron chi connectivity index (χ1n) is 6.39. The van der Waals surface area contributed by atoms with Gasteiger partial charge < -0.3 is 10.3 Å². The van der Waals surface area contributed by atoms with E-state index >= 15 is 0 Å². The number of hydrogen-bond acceptors (Lipinski definition) is 5. The molecule has 2 atom stereocenters. The van der Waals surface area contributed by atoms with Gasteiger partial charge in [0.15, 0.2) is 0 Å². The van der Waals surface area contributed by atoms with Crippen LogP contribution in [0.4, 0.5) is 0 Å². The van der Waals surface area contributed by atoms with Crippen molar-refractivity contribution in [3.63, 3.8) is 0 Å². The van der Waals surface area contributed by atoms with E-state index < -0.39 is 0 Å². The van der Waals surface area contributed by atoms with Gasteiger partial charge in [-0.3, -0.25) is 0 Å². The van der Waals surface area contributed by atoms with Gasteiger partial charge in [0.2, 0.25) is 11.7 Å². The van der Waals surface area contributed by atoms with Crippen molar-refractivity contribution in [1.29, 1.82) is 0 Å². The van der Waals surface area contributed by atoms with Gasteiger partial charge in [0.25, 0.3) is 0 Å². The van der Waals surface area contributed by atoms with E-state index in [2.05, 4.69) is 24.0 Å². The Bertz CT molecular complexity index is 524. The van der Waals surface area contributed by atoms with Crippen molar-refractivity contribution in [3.05, 3.63) is 30.2 Å². The predicted molar refractivity (Wildman–Crippen MR) is 77.9 cm³/mol. The number of nitrogens with zero attached hydrogens (tertiary/aromatic N) is 2. The van der Waals surface area contributed by atoms with Crippen LogP contribution < -0.4 is 5.73 Å². The Labute approximate surface area is 117 Å². The highest BCUT2D eigenvalue weighted by atomic mass is 32.2. The molecular weight excluding hydrogens is 258 g/mol. The van der Waals surface area contributed by atoms with Crippen molar-refractivity contribution in [2.24, 2.45) is 11.7 Å². The van der Waals surface area contributed by atoms with Crippen LogP contribution in [-0.4, -0.2) is 16.4 Å². The van der Waals surface area contributed by atoms with E-state index in [-0.39, 0.29) is 6.04 Å². The molecule has 1 heterocycles. The summed E-state index contributed by atoms with van der Waals surface area (Å²) in [6.45, 7) is 4.19. The maximum absolute atomic E-state index is 6.09. The third kappa shape index (κ3) is 3.16. The summed E-state index contributed by atoms with van der Waals surface area (Å²) in [7, 11) is 0. The van der Waals surface area contributed by atoms with Gasteiger partial charge in [-0.05, 0) is 36.4 Å². The summed E-state index contributed by atoms with van der Waals surface area (Å²) in [4.78, 5) is 5.61. The van der Waals surface area contributed by atoms with Crippen molar-refractivity contribution in [1.82, 2.24) is 10.1 Å². The average molecular weight is 277 g/mol. The highest BCUT2D eigenvalue weighted by molar-refractivity contribution is 7.98. The summed E-state index contributed by atoms with van der Waals surface area (Å²) in [6, 6.07) is 7.89. The summed E-state index contributed by atoms with van der Waals surface area (Å²) in [5, 5.41) is 4.01. The topological polar surface area (TPSA) is 64.9 Å². The van der Waals surface area contributed by atoms with Crippen LogP contribution in [-0.2, 0) is 0 Å². The Morgan fingerprint density at radius 2 is 2.00 bits per heavy atom. The lowest BCUT2D eigenvalue weighted by Gasteiger charge is -2.12. The average Bonchev–Trinajstić information content (AvgIpc) is 2.95. The second-order valence-corrected chi connectivity index (χ2v) is 5.48. The SMILES string of the molecule is CC[C@H](C)[C@H](N)c1nc(-c2ccc(SC)cc2)no1. The monoisotopic (exact) mass is 277 g/mol. The molecule has 2 aromatic rings. The second-order valence-electron chi connectivity index (χ2n) is 4.60. The summed E-state index contributed by atoms with van der Waals surface area (Å²) in [6.07, 6.45) is 3.04. The first kappa shape index (κ1) is 14.1. The van der Waals surface area contributed by atoms with E-state index in [1.807, 2.05) is 30.5 Å². The zero-order chi connectivity index (χ0) is 13.8. The van der Waals surface area contributed by atoms with Gasteiger partial charge in [0.05, 0.1) is 6.04 Å². The molecule has 4 nitrogen and oxygen atoms in total. The highest BCUT2D eigenvalue weighted by Gasteiger charge is 2.20. The Morgan fingerprint density at radius 3 is 2.58 bits per heavy atom. The molecule has 0 radical (unpaired) electrons. The molecule has 2 rings (SSSR count). The molecule has 0 fully saturated rings. The maximum atomic E-state index is 6.09. The fraction of sp³-hybridized carbons (Fsp3) is 0.429. The lowest BCUT2D eigenvalue weighted by molar-refractivity contribution is 0.312. The van der Waals surface area contributed by atoms with Crippen LogP contribution >= 0.6 is 11.8 Å². The van der Waals surface area contributed by atoms with Gasteiger partial charge in [-0.1, -0.05) is 25.4 Å². The molecule has 1 aromatic carbocycles. The van der Waals surface area contributed by atoms with E-state index in [9.17, 15) is 0 Å². The first-order valence-corrected chi connectivity index (χ1v) is 7.61. The highest BCUT2D eigenvalue weighted by Crippen LogP contribution is 2.24. The van der Waals surface area contributed by atoms with E-state index in [0.717, 1.165) is 12.0 Å². The number of aromatic nitrogens is 2. The molecule has 5 heteroatoms. The molecule has 0 aliphatic rings. The quantitative estimate of drug-likeness (QED) is 0.847. The van der Waals surface area contributed by atoms with Gasteiger partial charge in [-0.25, -0.2) is 0 Å². The van der Waals surface area contributed by atoms with Gasteiger partial charge in [-0.15, -0.1) is 11.8 Å². The lowest BCUT2D eigenvalue weighted by Crippen LogP contribution is -2.18. The molecular formula is C14H19N3OS. The molecule has 0 amide bonds. The fourth-order valence-electron chi connectivity index (χ4n) is 1.73. The standard InChI is InChI=1S/C14H19N3OS/c1-4-9(2)12(15)14-16-13(17-18-14)10-5-7-11(19-3)8-6-10/h5-9,12H,4,15H2,1-3H3/t9-,12-/m0/s1. The smallest absolute Gasteiger partial charge is 0.244 e. The van der Waals surface area contributed by atoms with Crippen molar-refractivity contribution in [3.8, 4) is 11.4 Å². The van der Waals surface area contributed by atoms with Crippen molar-refractivity contribution < 1.29 is 4.52 Å². The normalized spacial score (nSPS) is 14.3. The summed E-state index contributed by atoms with van der Waals surface area (Å²) >= 11 is 1.71. The molecule has 1 aromatic heterocycles. The van der Waals surface area contributed by atoms with E-state index in [1.165, 1.54) is 4.90 Å². The predicted octanol–water partition coefficient (Wildman–Crippen LogP) is 3.50. The number of hydrogen-bond donors (Lipinski definition) is 1. The molecule has 0 saturated carbocycles. The van der Waals surface area contributed by atoms with Crippen LogP contribution in [0.5, 0.6) is 0 Å². The summed E-state index contributed by atoms with van der Waals surface area (Å²) < 4.78 is 5.27. The summed E-state index contributed by atoms with van der Waals surface area (Å²) in [5.74, 6) is 1.44. The lowest BCUT2D eigenvalue weighted by atomic mass is 10.0. The van der Waals surface area contributed by atoms with E-state index in [0.29, 0.717) is 17.6 Å². The van der Waals surface area contributed by atoms with Crippen LogP contribution in [0.1, 0.15) is 32.2 Å². The molecule has 0 aliphatic heterocycles. The largest absolute Gasteiger partial charge is 0.337 e. The molecule has 2 N–H and O–H groups in total. The van der Waals surface area contributed by atoms with Gasteiger partial charge >= 0.3 is 0 Å². The van der Waals surface area contributed by atoms with Gasteiger partial charge in [0, 0.05) is 10.5 Å². The Morgan fingerprint density at radius 1 is 1.32 bits per heavy atom. The molecule has 19 heavy (non-hydrogen) atoms. The molecule has 0 saturated heterocycles. The second kappa shape index (κ2) is 6.21. The van der Waals surface area contributed by atoms with Crippen LogP contribution in [0, 0.1) is 5.92 Å². The minimum atomic E-state index is -0.197. The van der Waals surface area contributed by atoms with Crippen LogP contribution in [0.2, 0.25) is 0 Å². The number of thioether (sulfide) groups is 1. The molecule has 0 spiro atoms. The van der Waals surface area contributed by atoms with Crippen molar-refractivity contribution in [2.75, 3.05) is 6.26 Å². The molecule has 0 aliphatic carbocycles. The summed E-state index contributed by atoms with van der Waals surface area (Å²) in [5.41, 5.74) is 7.03. The minimum absolute atomic E-state index is 0.197. The van der Waals surface area contributed by atoms with Crippen LogP contribution in [0.25, 0.3) is 11.4 Å². The van der Waals surface area contributed by atoms with E-state index in [1.54, 1.807) is 11.8 Å². The maximum Gasteiger partial charge on any atom is 0.244 e. The van der Waals surface area contributed by atoms with E-state index in [4.69, 9.17) is 10.3 Å². The van der Waals surface area contributed by atoms with Gasteiger partial charge in [0.1, 0.15) is 0 Å². The van der Waals surface area contributed by atoms with Crippen LogP contribution in [0.15, 0.2) is 33.7 Å². The van der Waals surface area contributed by atoms with Crippen LogP contribution in [0.3, 0.4) is 0 Å². The zero-order valence-corrected chi connectivity index (χ0v) is 12.3. The third-order valence-electron chi connectivity index (χ3n) is 3.33. The Kier molecular flexibility index (Phi) is 4.61. The fourth-order valence-corrected chi connectivity index (χ4v) is 2.13. The molecule has 102 valence electrons. The van der Waals surface area contributed by atoms with Crippen molar-refractivity contribution in [2.45, 2.75) is 31.2 Å². The number of nitrogens with two attached hydrogens (primary N) is 1. The Hall–Kier alpha value is -1.33. The minimum Gasteiger partial charge on any atom is -0.337 e.